The number of thiophene rings is 4. The lowest BCUT2D eigenvalue weighted by Crippen LogP contribution is -2.57. The summed E-state index contributed by atoms with van der Waals surface area (Å²) >= 11 is 5.40. The summed E-state index contributed by atoms with van der Waals surface area (Å²) in [5.74, 6) is -4.73. The fourth-order valence-electron chi connectivity index (χ4n) is 6.87. The van der Waals surface area contributed by atoms with Crippen LogP contribution in [-0.2, 0) is 0 Å². The van der Waals surface area contributed by atoms with Crippen molar-refractivity contribution in [2.75, 3.05) is 0 Å². The predicted octanol–water partition coefficient (Wildman–Crippen LogP) is 8.12. The van der Waals surface area contributed by atoms with E-state index in [0.717, 1.165) is 11.1 Å². The topological polar surface area (TPSA) is 68.3 Å². The molecule has 2 unspecified atom stereocenters. The number of benzene rings is 1. The smallest absolute Gasteiger partial charge is 0.177 e. The van der Waals surface area contributed by atoms with Gasteiger partial charge in [-0.3, -0.25) is 19.2 Å². The standard InChI is InChI=1S/C32H22O4S4/c33-29(19-9-3-13-37-19)25-23-17-7-1-2-8-18(17)24(27(25)31(35)21-11-5-15-39-21)28(32(36)22-12-6-16-40-22)26(23)30(34)20-10-4-14-38-20/h1-16,23-28H/t23?,24?,25-,26-,27-,28+/m0/s1. The van der Waals surface area contributed by atoms with Gasteiger partial charge < -0.3 is 0 Å². The molecule has 4 nitrogen and oxygen atoms in total. The summed E-state index contributed by atoms with van der Waals surface area (Å²) in [6, 6.07) is 22.3. The van der Waals surface area contributed by atoms with Crippen LogP contribution in [0.5, 0.6) is 0 Å². The third-order valence-corrected chi connectivity index (χ3v) is 11.8. The Labute approximate surface area is 247 Å². The summed E-state index contributed by atoms with van der Waals surface area (Å²) in [5.41, 5.74) is 1.81. The molecule has 5 aromatic rings. The van der Waals surface area contributed by atoms with Gasteiger partial charge in [-0.2, -0.15) is 0 Å². The molecule has 2 bridgehead atoms. The van der Waals surface area contributed by atoms with E-state index in [1.54, 1.807) is 24.3 Å². The Morgan fingerprint density at radius 3 is 0.900 bits per heavy atom. The lowest BCUT2D eigenvalue weighted by atomic mass is 9.45. The van der Waals surface area contributed by atoms with Crippen molar-refractivity contribution in [2.45, 2.75) is 11.8 Å². The molecule has 6 atom stereocenters. The Morgan fingerprint density at radius 1 is 0.400 bits per heavy atom. The highest BCUT2D eigenvalue weighted by Gasteiger charge is 2.64. The lowest BCUT2D eigenvalue weighted by Gasteiger charge is -2.55. The molecule has 4 aromatic heterocycles. The first-order valence-corrected chi connectivity index (χ1v) is 16.5. The molecular weight excluding hydrogens is 577 g/mol. The van der Waals surface area contributed by atoms with Gasteiger partial charge in [-0.15, -0.1) is 45.3 Å². The van der Waals surface area contributed by atoms with Gasteiger partial charge >= 0.3 is 0 Å². The predicted molar refractivity (Wildman–Crippen MR) is 160 cm³/mol. The Balaban J connectivity index is 1.50. The first-order valence-electron chi connectivity index (χ1n) is 13.0. The van der Waals surface area contributed by atoms with E-state index in [9.17, 15) is 19.2 Å². The van der Waals surface area contributed by atoms with E-state index in [1.807, 2.05) is 70.1 Å². The van der Waals surface area contributed by atoms with Gasteiger partial charge in [0.15, 0.2) is 23.1 Å². The van der Waals surface area contributed by atoms with E-state index in [1.165, 1.54) is 45.3 Å². The van der Waals surface area contributed by atoms with Crippen molar-refractivity contribution < 1.29 is 19.2 Å². The number of ketones is 4. The van der Waals surface area contributed by atoms with Crippen LogP contribution in [0.4, 0.5) is 0 Å². The largest absolute Gasteiger partial charge is 0.293 e. The van der Waals surface area contributed by atoms with Crippen LogP contribution >= 0.6 is 45.3 Å². The minimum Gasteiger partial charge on any atom is -0.293 e. The quantitative estimate of drug-likeness (QED) is 0.169. The van der Waals surface area contributed by atoms with Gasteiger partial charge in [-0.1, -0.05) is 48.5 Å². The average molecular weight is 599 g/mol. The molecule has 8 rings (SSSR count). The van der Waals surface area contributed by atoms with Gasteiger partial charge in [0.25, 0.3) is 0 Å². The third kappa shape index (κ3) is 3.96. The van der Waals surface area contributed by atoms with Gasteiger partial charge in [-0.25, -0.2) is 0 Å². The molecule has 3 aliphatic carbocycles. The van der Waals surface area contributed by atoms with E-state index in [4.69, 9.17) is 0 Å². The normalized spacial score (nSPS) is 24.9. The van der Waals surface area contributed by atoms with Gasteiger partial charge in [0.2, 0.25) is 0 Å². The molecule has 198 valence electrons. The van der Waals surface area contributed by atoms with E-state index >= 15 is 0 Å². The fraction of sp³-hybridized carbons (Fsp3) is 0.188. The zero-order valence-corrected chi connectivity index (χ0v) is 24.2. The van der Waals surface area contributed by atoms with E-state index in [-0.39, 0.29) is 23.1 Å². The number of hydrogen-bond acceptors (Lipinski definition) is 8. The molecule has 0 N–H and O–H groups in total. The highest BCUT2D eigenvalue weighted by atomic mass is 32.1. The molecule has 0 amide bonds. The first kappa shape index (κ1) is 25.7. The summed E-state index contributed by atoms with van der Waals surface area (Å²) in [6.07, 6.45) is 0. The molecule has 0 saturated heterocycles. The monoisotopic (exact) mass is 598 g/mol. The molecule has 1 fully saturated rings. The van der Waals surface area contributed by atoms with Gasteiger partial charge in [0.05, 0.1) is 19.5 Å². The highest BCUT2D eigenvalue weighted by molar-refractivity contribution is 7.13. The van der Waals surface area contributed by atoms with Crippen LogP contribution in [0.15, 0.2) is 94.3 Å². The molecule has 3 aliphatic rings. The third-order valence-electron chi connectivity index (χ3n) is 8.30. The molecule has 0 aliphatic heterocycles. The van der Waals surface area contributed by atoms with Crippen molar-refractivity contribution in [2.24, 2.45) is 23.7 Å². The number of Topliss-reactive ketones (excluding diaryl/α,β-unsaturated/α-hetero) is 4. The number of rotatable bonds is 8. The van der Waals surface area contributed by atoms with Crippen molar-refractivity contribution in [3.8, 4) is 0 Å². The number of carbonyl (C=O) groups excluding carboxylic acids is 4. The SMILES string of the molecule is O=C(c1cccs1)[C@@H]1C2c3ccccc3C([C@@H]1C(=O)c1cccs1)[C@H](C(=O)c1cccs1)[C@H]2C(=O)c1cccs1. The van der Waals surface area contributed by atoms with Gasteiger partial charge in [-0.05, 0) is 56.9 Å². The van der Waals surface area contributed by atoms with Crippen LogP contribution in [0.2, 0.25) is 0 Å². The van der Waals surface area contributed by atoms with Crippen LogP contribution in [0.25, 0.3) is 0 Å². The Bertz CT molecular complexity index is 1470. The minimum atomic E-state index is -0.755. The summed E-state index contributed by atoms with van der Waals surface area (Å²) in [4.78, 5) is 59.8. The number of hydrogen-bond donors (Lipinski definition) is 0. The zero-order valence-electron chi connectivity index (χ0n) is 21.0. The van der Waals surface area contributed by atoms with E-state index < -0.39 is 35.5 Å². The Hall–Kier alpha value is -3.30. The second-order valence-corrected chi connectivity index (χ2v) is 13.9. The maximum Gasteiger partial charge on any atom is 0.177 e. The van der Waals surface area contributed by atoms with Gasteiger partial charge in [0, 0.05) is 35.5 Å². The van der Waals surface area contributed by atoms with Crippen LogP contribution in [0.3, 0.4) is 0 Å². The van der Waals surface area contributed by atoms with Crippen LogP contribution in [0, 0.1) is 23.7 Å². The molecule has 40 heavy (non-hydrogen) atoms. The molecule has 4 heterocycles. The van der Waals surface area contributed by atoms with Crippen LogP contribution in [-0.4, -0.2) is 23.1 Å². The van der Waals surface area contributed by atoms with Crippen molar-refractivity contribution in [1.82, 2.24) is 0 Å². The second-order valence-electron chi connectivity index (χ2n) is 10.1. The lowest BCUT2D eigenvalue weighted by molar-refractivity contribution is 0.0266. The molecule has 0 spiro atoms. The summed E-state index contributed by atoms with van der Waals surface area (Å²) in [7, 11) is 0. The minimum absolute atomic E-state index is 0.125. The van der Waals surface area contributed by atoms with Crippen LogP contribution < -0.4 is 0 Å². The van der Waals surface area contributed by atoms with Crippen molar-refractivity contribution in [3.05, 3.63) is 125 Å². The van der Waals surface area contributed by atoms with Crippen molar-refractivity contribution in [1.29, 1.82) is 0 Å². The Kier molecular flexibility index (Phi) is 6.59. The molecule has 1 saturated carbocycles. The fourth-order valence-corrected chi connectivity index (χ4v) is 9.72. The van der Waals surface area contributed by atoms with Gasteiger partial charge in [0.1, 0.15) is 0 Å². The second kappa shape index (κ2) is 10.3. The van der Waals surface area contributed by atoms with Crippen molar-refractivity contribution in [3.63, 3.8) is 0 Å². The summed E-state index contributed by atoms with van der Waals surface area (Å²) < 4.78 is 0. The molecular formula is C32H22O4S4. The Morgan fingerprint density at radius 2 is 0.675 bits per heavy atom. The van der Waals surface area contributed by atoms with E-state index in [0.29, 0.717) is 19.5 Å². The zero-order chi connectivity index (χ0) is 27.4. The molecule has 1 aromatic carbocycles. The number of fused-ring (bicyclic) bond motifs is 2. The summed E-state index contributed by atoms with van der Waals surface area (Å²) in [5, 5.41) is 7.43. The average Bonchev–Trinajstić information content (AvgIpc) is 3.82. The van der Waals surface area contributed by atoms with Crippen LogP contribution in [0.1, 0.15) is 61.6 Å². The van der Waals surface area contributed by atoms with Crippen molar-refractivity contribution >= 4 is 68.5 Å². The number of carbonyl (C=O) groups is 4. The maximum absolute atomic E-state index is 14.4. The molecule has 8 heteroatoms. The maximum atomic E-state index is 14.4. The first-order chi connectivity index (χ1) is 19.6. The molecule has 0 radical (unpaired) electrons. The highest BCUT2D eigenvalue weighted by Crippen LogP contribution is 2.63. The summed E-state index contributed by atoms with van der Waals surface area (Å²) in [6.45, 7) is 0. The van der Waals surface area contributed by atoms with E-state index in [2.05, 4.69) is 0 Å².